The third-order valence-electron chi connectivity index (χ3n) is 3.32. The Hall–Kier alpha value is -2.34. The van der Waals surface area contributed by atoms with Gasteiger partial charge in [0.1, 0.15) is 23.4 Å². The lowest BCUT2D eigenvalue weighted by Crippen LogP contribution is -2.11. The van der Waals surface area contributed by atoms with Gasteiger partial charge in [0, 0.05) is 0 Å². The molecule has 0 saturated heterocycles. The molecule has 0 aliphatic heterocycles. The molecule has 0 aromatic heterocycles. The molecule has 0 fully saturated rings. The van der Waals surface area contributed by atoms with Gasteiger partial charge in [0.25, 0.3) is 0 Å². The minimum absolute atomic E-state index is 0.0664. The summed E-state index contributed by atoms with van der Waals surface area (Å²) in [5.41, 5.74) is 2.45. The Bertz CT molecular complexity index is 708. The fraction of sp³-hybridized carbons (Fsp3) is 0.278. The molecule has 21 heavy (non-hydrogen) atoms. The van der Waals surface area contributed by atoms with Crippen molar-refractivity contribution in [3.8, 4) is 17.6 Å². The molecule has 0 saturated carbocycles. The van der Waals surface area contributed by atoms with Crippen molar-refractivity contribution in [1.29, 1.82) is 5.26 Å². The van der Waals surface area contributed by atoms with E-state index in [0.29, 0.717) is 11.5 Å². The van der Waals surface area contributed by atoms with Crippen LogP contribution >= 0.6 is 0 Å². The summed E-state index contributed by atoms with van der Waals surface area (Å²) in [4.78, 5) is 0. The zero-order valence-corrected chi connectivity index (χ0v) is 12.7. The van der Waals surface area contributed by atoms with Crippen molar-refractivity contribution >= 4 is 0 Å². The molecule has 2 nitrogen and oxygen atoms in total. The van der Waals surface area contributed by atoms with Crippen LogP contribution in [0, 0.1) is 24.1 Å². The predicted molar refractivity (Wildman–Crippen MR) is 81.1 cm³/mol. The van der Waals surface area contributed by atoms with Crippen LogP contribution in [0.2, 0.25) is 0 Å². The number of nitriles is 1. The first-order valence-electron chi connectivity index (χ1n) is 6.80. The minimum Gasteiger partial charge on any atom is -0.456 e. The van der Waals surface area contributed by atoms with E-state index < -0.39 is 5.82 Å². The molecule has 108 valence electrons. The molecule has 0 atom stereocenters. The van der Waals surface area contributed by atoms with Crippen LogP contribution in [0.4, 0.5) is 4.39 Å². The van der Waals surface area contributed by atoms with Crippen molar-refractivity contribution in [2.45, 2.75) is 33.1 Å². The van der Waals surface area contributed by atoms with E-state index in [9.17, 15) is 4.39 Å². The molecule has 2 aromatic rings. The highest BCUT2D eigenvalue weighted by molar-refractivity contribution is 5.47. The Balaban J connectivity index is 2.35. The third-order valence-corrected chi connectivity index (χ3v) is 3.32. The van der Waals surface area contributed by atoms with Crippen LogP contribution in [-0.4, -0.2) is 0 Å². The van der Waals surface area contributed by atoms with Crippen LogP contribution < -0.4 is 4.74 Å². The van der Waals surface area contributed by atoms with Gasteiger partial charge in [0.15, 0.2) is 0 Å². The topological polar surface area (TPSA) is 33.0 Å². The zero-order valence-electron chi connectivity index (χ0n) is 12.7. The maximum atomic E-state index is 13.1. The fourth-order valence-corrected chi connectivity index (χ4v) is 2.03. The molecule has 0 spiro atoms. The number of hydrogen-bond acceptors (Lipinski definition) is 2. The van der Waals surface area contributed by atoms with Crippen LogP contribution in [0.5, 0.6) is 11.5 Å². The van der Waals surface area contributed by atoms with Crippen molar-refractivity contribution in [2.75, 3.05) is 0 Å². The normalized spacial score (nSPS) is 11.0. The van der Waals surface area contributed by atoms with Gasteiger partial charge >= 0.3 is 0 Å². The Labute approximate surface area is 124 Å². The van der Waals surface area contributed by atoms with Gasteiger partial charge in [0.2, 0.25) is 0 Å². The summed E-state index contributed by atoms with van der Waals surface area (Å²) in [6.45, 7) is 8.41. The zero-order chi connectivity index (χ0) is 15.6. The molecule has 0 aliphatic rings. The van der Waals surface area contributed by atoms with Crippen molar-refractivity contribution in [2.24, 2.45) is 0 Å². The molecular formula is C18H18FNO. The first kappa shape index (κ1) is 15.1. The van der Waals surface area contributed by atoms with Gasteiger partial charge in [-0.3, -0.25) is 0 Å². The van der Waals surface area contributed by atoms with E-state index in [1.165, 1.54) is 23.8 Å². The molecule has 2 aromatic carbocycles. The molecule has 3 heteroatoms. The highest BCUT2D eigenvalue weighted by Crippen LogP contribution is 2.31. The number of aryl methyl sites for hydroxylation is 1. The van der Waals surface area contributed by atoms with Crippen molar-refractivity contribution < 1.29 is 9.13 Å². The van der Waals surface area contributed by atoms with E-state index in [-0.39, 0.29) is 11.0 Å². The van der Waals surface area contributed by atoms with Crippen LogP contribution in [0.3, 0.4) is 0 Å². The molecule has 0 aliphatic carbocycles. The van der Waals surface area contributed by atoms with E-state index >= 15 is 0 Å². The van der Waals surface area contributed by atoms with Gasteiger partial charge in [-0.1, -0.05) is 32.9 Å². The second-order valence-electron chi connectivity index (χ2n) is 6.08. The van der Waals surface area contributed by atoms with E-state index in [1.807, 2.05) is 25.1 Å². The Morgan fingerprint density at radius 1 is 1.05 bits per heavy atom. The lowest BCUT2D eigenvalue weighted by atomic mass is 9.86. The SMILES string of the molecule is Cc1cc(C(C)(C)C)ccc1Oc1ccc(F)cc1C#N. The Morgan fingerprint density at radius 2 is 1.71 bits per heavy atom. The lowest BCUT2D eigenvalue weighted by Gasteiger charge is -2.20. The van der Waals surface area contributed by atoms with Crippen LogP contribution in [0.15, 0.2) is 36.4 Å². The first-order valence-corrected chi connectivity index (χ1v) is 6.80. The summed E-state index contributed by atoms with van der Waals surface area (Å²) >= 11 is 0. The quantitative estimate of drug-likeness (QED) is 0.768. The molecule has 2 rings (SSSR count). The van der Waals surface area contributed by atoms with Gasteiger partial charge in [-0.15, -0.1) is 0 Å². The summed E-state index contributed by atoms with van der Waals surface area (Å²) < 4.78 is 18.9. The lowest BCUT2D eigenvalue weighted by molar-refractivity contribution is 0.474. The second kappa shape index (κ2) is 5.57. The molecule has 0 N–H and O–H groups in total. The van der Waals surface area contributed by atoms with Crippen molar-refractivity contribution in [3.63, 3.8) is 0 Å². The monoisotopic (exact) mass is 283 g/mol. The van der Waals surface area contributed by atoms with Gasteiger partial charge < -0.3 is 4.74 Å². The Morgan fingerprint density at radius 3 is 2.29 bits per heavy atom. The maximum absolute atomic E-state index is 13.1. The Kier molecular flexibility index (Phi) is 3.99. The summed E-state index contributed by atoms with van der Waals surface area (Å²) in [5.74, 6) is 0.593. The number of halogens is 1. The molecule has 0 unspecified atom stereocenters. The molecule has 0 amide bonds. The van der Waals surface area contributed by atoms with Gasteiger partial charge in [-0.25, -0.2) is 4.39 Å². The number of hydrogen-bond donors (Lipinski definition) is 0. The summed E-state index contributed by atoms with van der Waals surface area (Å²) in [7, 11) is 0. The maximum Gasteiger partial charge on any atom is 0.145 e. The molecule has 0 heterocycles. The van der Waals surface area contributed by atoms with E-state index in [0.717, 1.165) is 5.56 Å². The number of ether oxygens (including phenoxy) is 1. The predicted octanol–water partition coefficient (Wildman–Crippen LogP) is 5.10. The summed E-state index contributed by atoms with van der Waals surface area (Å²) in [5, 5.41) is 9.04. The molecular weight excluding hydrogens is 265 g/mol. The van der Waals surface area contributed by atoms with Gasteiger partial charge in [0.05, 0.1) is 5.56 Å². The smallest absolute Gasteiger partial charge is 0.145 e. The van der Waals surface area contributed by atoms with Crippen molar-refractivity contribution in [3.05, 3.63) is 58.9 Å². The number of nitrogens with zero attached hydrogens (tertiary/aromatic N) is 1. The van der Waals surface area contributed by atoms with Gasteiger partial charge in [-0.05, 0) is 47.7 Å². The molecule has 0 radical (unpaired) electrons. The first-order chi connectivity index (χ1) is 9.81. The highest BCUT2D eigenvalue weighted by atomic mass is 19.1. The van der Waals surface area contributed by atoms with E-state index in [4.69, 9.17) is 10.00 Å². The number of rotatable bonds is 2. The number of benzene rings is 2. The van der Waals surface area contributed by atoms with Crippen LogP contribution in [0.25, 0.3) is 0 Å². The van der Waals surface area contributed by atoms with Crippen LogP contribution in [0.1, 0.15) is 37.5 Å². The van der Waals surface area contributed by atoms with Crippen LogP contribution in [-0.2, 0) is 5.41 Å². The molecule has 0 bridgehead atoms. The second-order valence-corrected chi connectivity index (χ2v) is 6.08. The minimum atomic E-state index is -0.446. The summed E-state index contributed by atoms with van der Waals surface area (Å²) in [6, 6.07) is 11.9. The summed E-state index contributed by atoms with van der Waals surface area (Å²) in [6.07, 6.45) is 0. The highest BCUT2D eigenvalue weighted by Gasteiger charge is 2.15. The van der Waals surface area contributed by atoms with E-state index in [1.54, 1.807) is 0 Å². The average Bonchev–Trinajstić information content (AvgIpc) is 2.41. The largest absolute Gasteiger partial charge is 0.456 e. The fourth-order valence-electron chi connectivity index (χ4n) is 2.03. The van der Waals surface area contributed by atoms with Crippen molar-refractivity contribution in [1.82, 2.24) is 0 Å². The van der Waals surface area contributed by atoms with E-state index in [2.05, 4.69) is 26.8 Å². The standard InChI is InChI=1S/C18H18FNO/c1-12-9-14(18(2,3)4)5-7-16(12)21-17-8-6-15(19)10-13(17)11-20/h5-10H,1-4H3. The average molecular weight is 283 g/mol. The third kappa shape index (κ3) is 3.41. The van der Waals surface area contributed by atoms with Gasteiger partial charge in [-0.2, -0.15) is 5.26 Å².